The molecule has 136 valence electrons. The van der Waals surface area contributed by atoms with E-state index in [2.05, 4.69) is 31.5 Å². The molecule has 3 aromatic rings. The van der Waals surface area contributed by atoms with Crippen molar-refractivity contribution in [1.29, 1.82) is 0 Å². The van der Waals surface area contributed by atoms with Crippen molar-refractivity contribution in [3.8, 4) is 5.75 Å². The normalized spacial score (nSPS) is 10.1. The van der Waals surface area contributed by atoms with Crippen LogP contribution >= 0.6 is 15.9 Å². The summed E-state index contributed by atoms with van der Waals surface area (Å²) in [5, 5.41) is 5.46. The van der Waals surface area contributed by atoms with Crippen molar-refractivity contribution in [3.05, 3.63) is 83.1 Å². The van der Waals surface area contributed by atoms with Gasteiger partial charge in [0.25, 0.3) is 11.8 Å². The second-order valence-electron chi connectivity index (χ2n) is 5.53. The third-order valence-corrected chi connectivity index (χ3v) is 4.08. The summed E-state index contributed by atoms with van der Waals surface area (Å²) >= 11 is 3.34. The third-order valence-electron chi connectivity index (χ3n) is 3.55. The smallest absolute Gasteiger partial charge is 0.262 e. The maximum absolute atomic E-state index is 12.5. The zero-order chi connectivity index (χ0) is 19.1. The number of rotatable bonds is 6. The number of hydrogen-bond donors (Lipinski definition) is 2. The minimum Gasteiger partial charge on any atom is -0.484 e. The first kappa shape index (κ1) is 18.6. The van der Waals surface area contributed by atoms with Gasteiger partial charge in [0.05, 0.1) is 23.1 Å². The highest BCUT2D eigenvalue weighted by atomic mass is 79.9. The molecule has 0 atom stereocenters. The molecule has 0 saturated carbocycles. The number of aromatic nitrogens is 1. The number of hydrogen-bond acceptors (Lipinski definition) is 4. The largest absolute Gasteiger partial charge is 0.484 e. The maximum atomic E-state index is 12.5. The molecule has 2 N–H and O–H groups in total. The predicted molar refractivity (Wildman–Crippen MR) is 107 cm³/mol. The summed E-state index contributed by atoms with van der Waals surface area (Å²) in [4.78, 5) is 28.7. The van der Waals surface area contributed by atoms with E-state index >= 15 is 0 Å². The molecule has 2 amide bonds. The monoisotopic (exact) mass is 425 g/mol. The first-order chi connectivity index (χ1) is 13.1. The summed E-state index contributed by atoms with van der Waals surface area (Å²) in [5.74, 6) is -0.122. The molecule has 0 spiro atoms. The van der Waals surface area contributed by atoms with Crippen LogP contribution < -0.4 is 15.4 Å². The van der Waals surface area contributed by atoms with Gasteiger partial charge in [0.15, 0.2) is 6.61 Å². The molecule has 0 aliphatic heterocycles. The number of halogens is 1. The van der Waals surface area contributed by atoms with Gasteiger partial charge in [-0.05, 0) is 48.5 Å². The van der Waals surface area contributed by atoms with E-state index in [1.54, 1.807) is 60.9 Å². The Balaban J connectivity index is 1.63. The summed E-state index contributed by atoms with van der Waals surface area (Å²) in [6.45, 7) is -0.166. The number of pyridine rings is 1. The number of para-hydroxylation sites is 1. The lowest BCUT2D eigenvalue weighted by Crippen LogP contribution is -2.22. The Kier molecular flexibility index (Phi) is 6.17. The molecule has 0 aliphatic rings. The topological polar surface area (TPSA) is 80.3 Å². The zero-order valence-corrected chi connectivity index (χ0v) is 15.8. The second kappa shape index (κ2) is 8.95. The van der Waals surface area contributed by atoms with Crippen molar-refractivity contribution in [2.24, 2.45) is 0 Å². The molecular formula is C20H16BrN3O3. The van der Waals surface area contributed by atoms with Crippen LogP contribution in [0.3, 0.4) is 0 Å². The Morgan fingerprint density at radius 2 is 1.74 bits per heavy atom. The van der Waals surface area contributed by atoms with Gasteiger partial charge in [-0.25, -0.2) is 0 Å². The minimum atomic E-state index is -0.362. The lowest BCUT2D eigenvalue weighted by Gasteiger charge is -2.12. The van der Waals surface area contributed by atoms with Crippen LogP contribution in [0.5, 0.6) is 5.75 Å². The van der Waals surface area contributed by atoms with Gasteiger partial charge in [0.1, 0.15) is 5.75 Å². The fourth-order valence-electron chi connectivity index (χ4n) is 2.29. The van der Waals surface area contributed by atoms with E-state index in [1.807, 2.05) is 12.1 Å². The van der Waals surface area contributed by atoms with E-state index in [9.17, 15) is 9.59 Å². The summed E-state index contributed by atoms with van der Waals surface area (Å²) in [7, 11) is 0. The molecule has 7 heteroatoms. The molecule has 0 fully saturated rings. The van der Waals surface area contributed by atoms with Crippen molar-refractivity contribution in [2.45, 2.75) is 0 Å². The molecule has 0 aliphatic carbocycles. The Bertz CT molecular complexity index is 931. The van der Waals surface area contributed by atoms with Crippen molar-refractivity contribution < 1.29 is 14.3 Å². The standard InChI is InChI=1S/C20H16BrN3O3/c21-14-7-9-16(10-8-14)27-13-19(25)24-18-6-2-1-5-17(18)20(26)23-15-4-3-11-22-12-15/h1-12H,13H2,(H,23,26)(H,24,25). The van der Waals surface area contributed by atoms with E-state index in [0.29, 0.717) is 22.7 Å². The molecule has 1 aromatic heterocycles. The van der Waals surface area contributed by atoms with E-state index in [4.69, 9.17) is 4.74 Å². The fraction of sp³-hybridized carbons (Fsp3) is 0.0500. The molecule has 3 rings (SSSR count). The van der Waals surface area contributed by atoms with Gasteiger partial charge >= 0.3 is 0 Å². The predicted octanol–water partition coefficient (Wildman–Crippen LogP) is 4.11. The van der Waals surface area contributed by atoms with Crippen LogP contribution in [0.25, 0.3) is 0 Å². The molecule has 0 unspecified atom stereocenters. The van der Waals surface area contributed by atoms with Gasteiger partial charge in [-0.3, -0.25) is 14.6 Å². The van der Waals surface area contributed by atoms with Crippen LogP contribution in [0, 0.1) is 0 Å². The number of nitrogens with zero attached hydrogens (tertiary/aromatic N) is 1. The Morgan fingerprint density at radius 3 is 2.48 bits per heavy atom. The van der Waals surface area contributed by atoms with Crippen LogP contribution in [0.15, 0.2) is 77.5 Å². The minimum absolute atomic E-state index is 0.166. The Hall–Kier alpha value is -3.19. The summed E-state index contributed by atoms with van der Waals surface area (Å²) in [5.41, 5.74) is 1.32. The number of nitrogens with one attached hydrogen (secondary N) is 2. The zero-order valence-electron chi connectivity index (χ0n) is 14.2. The molecule has 0 bridgehead atoms. The SMILES string of the molecule is O=C(COc1ccc(Br)cc1)Nc1ccccc1C(=O)Nc1cccnc1. The van der Waals surface area contributed by atoms with Crippen LogP contribution in [0.4, 0.5) is 11.4 Å². The van der Waals surface area contributed by atoms with E-state index < -0.39 is 0 Å². The second-order valence-corrected chi connectivity index (χ2v) is 6.45. The van der Waals surface area contributed by atoms with Gasteiger partial charge in [0, 0.05) is 10.7 Å². The number of ether oxygens (including phenoxy) is 1. The van der Waals surface area contributed by atoms with Crippen molar-refractivity contribution >= 4 is 39.1 Å². The number of carbonyl (C=O) groups excluding carboxylic acids is 2. The first-order valence-electron chi connectivity index (χ1n) is 8.10. The summed E-state index contributed by atoms with van der Waals surface area (Å²) in [6.07, 6.45) is 3.17. The lowest BCUT2D eigenvalue weighted by atomic mass is 10.1. The highest BCUT2D eigenvalue weighted by Crippen LogP contribution is 2.18. The number of anilines is 2. The van der Waals surface area contributed by atoms with Gasteiger partial charge < -0.3 is 15.4 Å². The van der Waals surface area contributed by atoms with E-state index in [0.717, 1.165) is 4.47 Å². The average molecular weight is 426 g/mol. The summed E-state index contributed by atoms with van der Waals surface area (Å²) in [6, 6.07) is 17.4. The maximum Gasteiger partial charge on any atom is 0.262 e. The number of carbonyl (C=O) groups is 2. The molecule has 2 aromatic carbocycles. The van der Waals surface area contributed by atoms with Gasteiger partial charge in [0.2, 0.25) is 0 Å². The summed E-state index contributed by atoms with van der Waals surface area (Å²) < 4.78 is 6.37. The van der Waals surface area contributed by atoms with Gasteiger partial charge in [-0.15, -0.1) is 0 Å². The Labute approximate surface area is 164 Å². The Morgan fingerprint density at radius 1 is 0.963 bits per heavy atom. The fourth-order valence-corrected chi connectivity index (χ4v) is 2.56. The first-order valence-corrected chi connectivity index (χ1v) is 8.90. The molecule has 0 saturated heterocycles. The van der Waals surface area contributed by atoms with Crippen molar-refractivity contribution in [2.75, 3.05) is 17.2 Å². The molecule has 0 radical (unpaired) electrons. The van der Waals surface area contributed by atoms with E-state index in [-0.39, 0.29) is 18.4 Å². The molecule has 6 nitrogen and oxygen atoms in total. The van der Waals surface area contributed by atoms with Crippen LogP contribution in [0.1, 0.15) is 10.4 Å². The third kappa shape index (κ3) is 5.39. The number of amides is 2. The highest BCUT2D eigenvalue weighted by Gasteiger charge is 2.13. The highest BCUT2D eigenvalue weighted by molar-refractivity contribution is 9.10. The average Bonchev–Trinajstić information content (AvgIpc) is 2.69. The quantitative estimate of drug-likeness (QED) is 0.622. The van der Waals surface area contributed by atoms with Crippen LogP contribution in [-0.2, 0) is 4.79 Å². The van der Waals surface area contributed by atoms with Gasteiger partial charge in [-0.2, -0.15) is 0 Å². The van der Waals surface area contributed by atoms with Crippen LogP contribution in [0.2, 0.25) is 0 Å². The van der Waals surface area contributed by atoms with Crippen molar-refractivity contribution in [1.82, 2.24) is 4.98 Å². The van der Waals surface area contributed by atoms with E-state index in [1.165, 1.54) is 0 Å². The molecular weight excluding hydrogens is 410 g/mol. The molecule has 27 heavy (non-hydrogen) atoms. The van der Waals surface area contributed by atoms with Crippen LogP contribution in [-0.4, -0.2) is 23.4 Å². The number of benzene rings is 2. The van der Waals surface area contributed by atoms with Gasteiger partial charge in [-0.1, -0.05) is 28.1 Å². The molecule has 1 heterocycles. The lowest BCUT2D eigenvalue weighted by molar-refractivity contribution is -0.118. The van der Waals surface area contributed by atoms with Crippen molar-refractivity contribution in [3.63, 3.8) is 0 Å².